The predicted octanol–water partition coefficient (Wildman–Crippen LogP) is 1.05. The van der Waals surface area contributed by atoms with Crippen molar-refractivity contribution in [3.63, 3.8) is 0 Å². The van der Waals surface area contributed by atoms with Crippen molar-refractivity contribution in [1.82, 2.24) is 0 Å². The summed E-state index contributed by atoms with van der Waals surface area (Å²) >= 11 is 0. The van der Waals surface area contributed by atoms with Gasteiger partial charge in [-0.25, -0.2) is 0 Å². The lowest BCUT2D eigenvalue weighted by Crippen LogP contribution is -2.95. The minimum atomic E-state index is -1.56. The summed E-state index contributed by atoms with van der Waals surface area (Å²) in [5, 5.41) is 11.9. The molecule has 0 aliphatic carbocycles. The quantitative estimate of drug-likeness (QED) is 0.437. The van der Waals surface area contributed by atoms with Crippen molar-refractivity contribution in [2.45, 2.75) is 38.9 Å². The van der Waals surface area contributed by atoms with Crippen molar-refractivity contribution < 1.29 is 5.15 Å². The van der Waals surface area contributed by atoms with Crippen molar-refractivity contribution in [3.8, 4) is 0 Å². The Morgan fingerprint density at radius 1 is 1.22 bits per heavy atom. The zero-order valence-corrected chi connectivity index (χ0v) is 7.99. The molecule has 56 valence electrons. The topological polar surface area (TPSA) is 39.7 Å². The first-order valence-electron chi connectivity index (χ1n) is 3.27. The molecule has 0 fully saturated rings. The van der Waals surface area contributed by atoms with E-state index in [9.17, 15) is 5.21 Å². The lowest BCUT2D eigenvalue weighted by atomic mass is 10.2. The summed E-state index contributed by atoms with van der Waals surface area (Å²) < 4.78 is 0. The van der Waals surface area contributed by atoms with Crippen molar-refractivity contribution in [1.29, 1.82) is 0 Å². The van der Waals surface area contributed by atoms with Crippen molar-refractivity contribution in [2.24, 2.45) is 0 Å². The van der Waals surface area contributed by atoms with E-state index < -0.39 is 8.24 Å². The van der Waals surface area contributed by atoms with E-state index in [1.165, 1.54) is 0 Å². The van der Waals surface area contributed by atoms with Gasteiger partial charge in [-0.15, -0.1) is 0 Å². The van der Waals surface area contributed by atoms with Crippen LogP contribution < -0.4 is 5.15 Å². The Labute approximate surface area is 58.3 Å². The van der Waals surface area contributed by atoms with Gasteiger partial charge in [0, 0.05) is 5.04 Å². The van der Waals surface area contributed by atoms with Crippen LogP contribution in [0.2, 0.25) is 18.1 Å². The summed E-state index contributed by atoms with van der Waals surface area (Å²) in [7, 11) is -1.56. The van der Waals surface area contributed by atoms with Crippen LogP contribution in [0.4, 0.5) is 0 Å². The largest absolute Gasteiger partial charge is 0.655 e. The van der Waals surface area contributed by atoms with Gasteiger partial charge in [0.1, 0.15) is 0 Å². The summed E-state index contributed by atoms with van der Waals surface area (Å²) in [5.41, 5.74) is 0. The molecule has 0 aromatic rings. The molecule has 0 saturated carbocycles. The van der Waals surface area contributed by atoms with Crippen molar-refractivity contribution >= 4 is 8.24 Å². The van der Waals surface area contributed by atoms with E-state index >= 15 is 0 Å². The smallest absolute Gasteiger partial charge is 0.281 e. The highest BCUT2D eigenvalue weighted by molar-refractivity contribution is 6.71. The average molecular weight is 147 g/mol. The lowest BCUT2D eigenvalue weighted by molar-refractivity contribution is -0.457. The number of quaternary nitrogens is 1. The van der Waals surface area contributed by atoms with Gasteiger partial charge in [0.15, 0.2) is 0 Å². The molecule has 0 rings (SSSR count). The summed E-state index contributed by atoms with van der Waals surface area (Å²) in [6.45, 7) is 10.6. The van der Waals surface area contributed by atoms with E-state index in [2.05, 4.69) is 33.9 Å². The second-order valence-corrected chi connectivity index (χ2v) is 9.27. The van der Waals surface area contributed by atoms with Crippen LogP contribution in [-0.4, -0.2) is 8.24 Å². The van der Waals surface area contributed by atoms with Gasteiger partial charge in [0.2, 0.25) is 0 Å². The maximum absolute atomic E-state index is 10.5. The molecule has 0 aliphatic heterocycles. The fourth-order valence-electron chi connectivity index (χ4n) is 0.177. The standard InChI is InChI=1S/C6H17NOSi/c1-6(2,3)9(4,5)7-8/h7H2,1-5H3. The van der Waals surface area contributed by atoms with E-state index in [-0.39, 0.29) is 5.04 Å². The van der Waals surface area contributed by atoms with Gasteiger partial charge >= 0.3 is 0 Å². The fourth-order valence-corrected chi connectivity index (χ4v) is 0.530. The minimum absolute atomic E-state index is 0.217. The first kappa shape index (κ1) is 9.14. The van der Waals surface area contributed by atoms with Crippen LogP contribution in [0.1, 0.15) is 20.8 Å². The lowest BCUT2D eigenvalue weighted by Gasteiger charge is -2.33. The molecule has 0 bridgehead atoms. The highest BCUT2D eigenvalue weighted by Crippen LogP contribution is 2.30. The van der Waals surface area contributed by atoms with Crippen LogP contribution in [-0.2, 0) is 0 Å². The molecule has 0 amide bonds. The van der Waals surface area contributed by atoms with Crippen LogP contribution >= 0.6 is 0 Å². The zero-order valence-electron chi connectivity index (χ0n) is 6.99. The Morgan fingerprint density at radius 2 is 1.56 bits per heavy atom. The molecule has 0 saturated heterocycles. The Morgan fingerprint density at radius 3 is 1.56 bits per heavy atom. The number of hydrogen-bond donors (Lipinski definition) is 1. The third kappa shape index (κ3) is 2.08. The molecular formula is C6H17NOSi. The Kier molecular flexibility index (Phi) is 2.44. The molecule has 0 atom stereocenters. The minimum Gasteiger partial charge on any atom is -0.655 e. The summed E-state index contributed by atoms with van der Waals surface area (Å²) in [6.07, 6.45) is 0. The van der Waals surface area contributed by atoms with E-state index in [4.69, 9.17) is 0 Å². The Bertz CT molecular complexity index is 95.7. The summed E-state index contributed by atoms with van der Waals surface area (Å²) in [5.74, 6) is 0. The normalized spacial score (nSPS) is 14.0. The van der Waals surface area contributed by atoms with E-state index in [0.717, 1.165) is 5.15 Å². The van der Waals surface area contributed by atoms with Gasteiger partial charge in [-0.3, -0.25) is 0 Å². The van der Waals surface area contributed by atoms with E-state index in [1.54, 1.807) is 0 Å². The van der Waals surface area contributed by atoms with Gasteiger partial charge in [0.05, 0.1) is 0 Å². The molecule has 0 spiro atoms. The first-order valence-corrected chi connectivity index (χ1v) is 6.35. The molecule has 0 radical (unpaired) electrons. The highest BCUT2D eigenvalue weighted by atomic mass is 28.3. The molecule has 2 nitrogen and oxygen atoms in total. The SMILES string of the molecule is CC(C)(C)[Si](C)(C)[NH2+][O-]. The zero-order chi connectivity index (χ0) is 7.71. The molecular weight excluding hydrogens is 130 g/mol. The maximum Gasteiger partial charge on any atom is 0.281 e. The van der Waals surface area contributed by atoms with E-state index in [0.29, 0.717) is 0 Å². The van der Waals surface area contributed by atoms with Crippen LogP contribution in [0.15, 0.2) is 0 Å². The molecule has 0 aromatic carbocycles. The van der Waals surface area contributed by atoms with Gasteiger partial charge in [0.25, 0.3) is 8.24 Å². The number of hydrogen-bond acceptors (Lipinski definition) is 1. The van der Waals surface area contributed by atoms with Crippen LogP contribution in [0.25, 0.3) is 0 Å². The highest BCUT2D eigenvalue weighted by Gasteiger charge is 2.39. The van der Waals surface area contributed by atoms with Crippen LogP contribution in [0, 0.1) is 5.21 Å². The predicted molar refractivity (Wildman–Crippen MR) is 42.5 cm³/mol. The molecule has 3 heteroatoms. The monoisotopic (exact) mass is 147 g/mol. The Balaban J connectivity index is 4.14. The van der Waals surface area contributed by atoms with Gasteiger partial charge < -0.3 is 10.4 Å². The second-order valence-electron chi connectivity index (χ2n) is 4.09. The van der Waals surface area contributed by atoms with E-state index in [1.807, 2.05) is 0 Å². The maximum atomic E-state index is 10.5. The van der Waals surface area contributed by atoms with Crippen LogP contribution in [0.5, 0.6) is 0 Å². The van der Waals surface area contributed by atoms with Crippen molar-refractivity contribution in [3.05, 3.63) is 5.21 Å². The number of rotatable bonds is 1. The Hall–Kier alpha value is 0.137. The summed E-state index contributed by atoms with van der Waals surface area (Å²) in [6, 6.07) is 0. The average Bonchev–Trinajstić information content (AvgIpc) is 1.64. The molecule has 0 aliphatic rings. The summed E-state index contributed by atoms with van der Waals surface area (Å²) in [4.78, 5) is 0. The molecule has 9 heavy (non-hydrogen) atoms. The van der Waals surface area contributed by atoms with Gasteiger partial charge in [-0.2, -0.15) is 0 Å². The third-order valence-electron chi connectivity index (χ3n) is 2.23. The molecule has 0 unspecified atom stereocenters. The molecule has 0 heterocycles. The fraction of sp³-hybridized carbons (Fsp3) is 1.00. The molecule has 2 N–H and O–H groups in total. The second kappa shape index (κ2) is 2.40. The van der Waals surface area contributed by atoms with Gasteiger partial charge in [-0.05, 0) is 13.1 Å². The first-order chi connectivity index (χ1) is 3.81. The third-order valence-corrected chi connectivity index (χ3v) is 6.68. The van der Waals surface area contributed by atoms with Crippen molar-refractivity contribution in [2.75, 3.05) is 0 Å². The van der Waals surface area contributed by atoms with Crippen LogP contribution in [0.3, 0.4) is 0 Å². The molecule has 0 aromatic heterocycles. The number of nitrogens with two attached hydrogens (primary N) is 1. The van der Waals surface area contributed by atoms with Gasteiger partial charge in [-0.1, -0.05) is 20.8 Å².